The van der Waals surface area contributed by atoms with Crippen molar-refractivity contribution >= 4 is 0 Å². The van der Waals surface area contributed by atoms with Crippen LogP contribution in [0.1, 0.15) is 98.3 Å². The van der Waals surface area contributed by atoms with Gasteiger partial charge in [0.15, 0.2) is 0 Å². The van der Waals surface area contributed by atoms with Crippen molar-refractivity contribution in [2.45, 2.75) is 88.3 Å². The van der Waals surface area contributed by atoms with Gasteiger partial charge in [-0.05, 0) is 71.6 Å². The maximum absolute atomic E-state index is 11.9. The molecule has 0 heterocycles. The second kappa shape index (κ2) is 13.2. The van der Waals surface area contributed by atoms with Crippen LogP contribution in [0, 0.1) is 17.3 Å². The summed E-state index contributed by atoms with van der Waals surface area (Å²) in [6.07, 6.45) is 5.45. The van der Waals surface area contributed by atoms with E-state index in [4.69, 9.17) is 0 Å². The minimum Gasteiger partial charge on any atom is -0.392 e. The molecule has 224 valence electrons. The second-order valence-corrected chi connectivity index (χ2v) is 13.6. The Kier molecular flexibility index (Phi) is 9.17. The molecule has 2 fully saturated rings. The molecule has 0 radical (unpaired) electrons. The molecule has 4 aromatic rings. The third-order valence-corrected chi connectivity index (χ3v) is 11.4. The Morgan fingerprint density at radius 2 is 0.744 bits per heavy atom. The van der Waals surface area contributed by atoms with Crippen LogP contribution < -0.4 is 0 Å². The lowest BCUT2D eigenvalue weighted by Crippen LogP contribution is -2.47. The summed E-state index contributed by atoms with van der Waals surface area (Å²) in [5.41, 5.74) is 5.09. The van der Waals surface area contributed by atoms with Crippen LogP contribution in [0.2, 0.25) is 0 Å². The summed E-state index contributed by atoms with van der Waals surface area (Å²) in [6.45, 7) is 4.90. The molecule has 43 heavy (non-hydrogen) atoms. The zero-order valence-corrected chi connectivity index (χ0v) is 25.8. The van der Waals surface area contributed by atoms with Gasteiger partial charge in [0.05, 0.1) is 12.2 Å². The molecule has 2 saturated carbocycles. The van der Waals surface area contributed by atoms with Gasteiger partial charge in [0.2, 0.25) is 0 Å². The van der Waals surface area contributed by atoms with Crippen molar-refractivity contribution in [1.29, 1.82) is 0 Å². The van der Waals surface area contributed by atoms with E-state index in [-0.39, 0.29) is 29.1 Å². The molecule has 0 aliphatic heterocycles. The largest absolute Gasteiger partial charge is 0.392 e. The minimum atomic E-state index is -0.408. The predicted octanol–water partition coefficient (Wildman–Crippen LogP) is 9.47. The Morgan fingerprint density at radius 3 is 0.977 bits per heavy atom. The van der Waals surface area contributed by atoms with Crippen molar-refractivity contribution in [2.24, 2.45) is 17.3 Å². The van der Waals surface area contributed by atoms with Crippen molar-refractivity contribution in [3.8, 4) is 0 Å². The molecule has 0 amide bonds. The van der Waals surface area contributed by atoms with E-state index >= 15 is 0 Å². The van der Waals surface area contributed by atoms with Gasteiger partial charge in [-0.2, -0.15) is 0 Å². The van der Waals surface area contributed by atoms with E-state index in [1.54, 1.807) is 0 Å². The molecule has 0 spiro atoms. The number of benzene rings is 4. The lowest BCUT2D eigenvalue weighted by molar-refractivity contribution is -0.0440. The predicted molar refractivity (Wildman–Crippen MR) is 177 cm³/mol. The van der Waals surface area contributed by atoms with Crippen molar-refractivity contribution in [3.63, 3.8) is 0 Å². The Bertz CT molecular complexity index is 1200. The highest BCUT2D eigenvalue weighted by Gasteiger charge is 2.51. The highest BCUT2D eigenvalue weighted by molar-refractivity contribution is 5.31. The molecule has 0 bridgehead atoms. The van der Waals surface area contributed by atoms with E-state index < -0.39 is 12.2 Å². The Balaban J connectivity index is 1.41. The highest BCUT2D eigenvalue weighted by atomic mass is 16.3. The molecule has 2 N–H and O–H groups in total. The first kappa shape index (κ1) is 29.9. The second-order valence-electron chi connectivity index (χ2n) is 13.6. The first-order valence-electron chi connectivity index (χ1n) is 16.6. The summed E-state index contributed by atoms with van der Waals surface area (Å²) >= 11 is 0. The van der Waals surface area contributed by atoms with E-state index in [0.29, 0.717) is 11.8 Å². The Labute approximate surface area is 258 Å². The van der Waals surface area contributed by atoms with Gasteiger partial charge in [0.25, 0.3) is 0 Å². The molecule has 4 unspecified atom stereocenters. The van der Waals surface area contributed by atoms with Crippen LogP contribution in [0.3, 0.4) is 0 Å². The van der Waals surface area contributed by atoms with E-state index in [9.17, 15) is 10.2 Å². The van der Waals surface area contributed by atoms with Crippen LogP contribution in [-0.4, -0.2) is 22.4 Å². The molecule has 6 rings (SSSR count). The van der Waals surface area contributed by atoms with Crippen molar-refractivity contribution in [2.75, 3.05) is 0 Å². The summed E-state index contributed by atoms with van der Waals surface area (Å²) in [4.78, 5) is 0. The zero-order valence-electron chi connectivity index (χ0n) is 25.8. The monoisotopic (exact) mass is 572 g/mol. The van der Waals surface area contributed by atoms with Gasteiger partial charge in [0.1, 0.15) is 0 Å². The smallest absolute Gasteiger partial charge is 0.0677 e. The van der Waals surface area contributed by atoms with E-state index in [2.05, 4.69) is 135 Å². The molecule has 4 atom stereocenters. The summed E-state index contributed by atoms with van der Waals surface area (Å²) in [6, 6.07) is 42.9. The fourth-order valence-corrected chi connectivity index (χ4v) is 9.03. The summed E-state index contributed by atoms with van der Waals surface area (Å²) < 4.78 is 0. The van der Waals surface area contributed by atoms with Crippen molar-refractivity contribution < 1.29 is 10.2 Å². The first-order chi connectivity index (χ1) is 21.0. The van der Waals surface area contributed by atoms with Crippen LogP contribution in [0.5, 0.6) is 0 Å². The van der Waals surface area contributed by atoms with E-state index in [1.807, 2.05) is 0 Å². The highest BCUT2D eigenvalue weighted by Crippen LogP contribution is 2.59. The maximum atomic E-state index is 11.9. The normalized spacial score (nSPS) is 30.8. The summed E-state index contributed by atoms with van der Waals surface area (Å²) in [5, 5.41) is 23.9. The third kappa shape index (κ3) is 6.10. The molecule has 4 aromatic carbocycles. The topological polar surface area (TPSA) is 40.5 Å². The zero-order chi connectivity index (χ0) is 29.8. The van der Waals surface area contributed by atoms with Crippen LogP contribution in [0.4, 0.5) is 0 Å². The quantitative estimate of drug-likeness (QED) is 0.221. The molecule has 2 aliphatic carbocycles. The number of aliphatic hydroxyl groups excluding tert-OH is 2. The van der Waals surface area contributed by atoms with Gasteiger partial charge in [-0.1, -0.05) is 142 Å². The van der Waals surface area contributed by atoms with Crippen molar-refractivity contribution in [1.82, 2.24) is 0 Å². The lowest BCUT2D eigenvalue weighted by atomic mass is 9.51. The molecule has 2 nitrogen and oxygen atoms in total. The molecular formula is C41H48O2. The maximum Gasteiger partial charge on any atom is 0.0677 e. The molecule has 0 aromatic heterocycles. The standard InChI is InChI=1S/C41H48O2/c1-3-24-41(2,33-25-35(29-16-8-4-9-17-29)39(42)36(26-33)30-18-10-5-11-19-30)34-27-37(31-20-12-6-13-21-31)40(43)38(28-34)32-22-14-7-15-23-32/h4-23,33-40,42-43H,3,24-28H2,1-2H3. The molecule has 2 heteroatoms. The number of rotatable bonds is 8. The van der Waals surface area contributed by atoms with E-state index in [0.717, 1.165) is 38.5 Å². The Hall–Kier alpha value is -3.20. The van der Waals surface area contributed by atoms with Gasteiger partial charge < -0.3 is 10.2 Å². The fourth-order valence-electron chi connectivity index (χ4n) is 9.03. The van der Waals surface area contributed by atoms with Crippen LogP contribution in [0.25, 0.3) is 0 Å². The van der Waals surface area contributed by atoms with Gasteiger partial charge in [-0.15, -0.1) is 0 Å². The number of hydrogen-bond donors (Lipinski definition) is 2. The first-order valence-corrected chi connectivity index (χ1v) is 16.6. The van der Waals surface area contributed by atoms with Gasteiger partial charge in [-0.25, -0.2) is 0 Å². The minimum absolute atomic E-state index is 0.0785. The van der Waals surface area contributed by atoms with Crippen molar-refractivity contribution in [3.05, 3.63) is 144 Å². The molecular weight excluding hydrogens is 524 g/mol. The fraction of sp³-hybridized carbons (Fsp3) is 0.415. The molecule has 0 saturated heterocycles. The average Bonchev–Trinajstić information content (AvgIpc) is 3.06. The van der Waals surface area contributed by atoms with Gasteiger partial charge in [-0.3, -0.25) is 0 Å². The van der Waals surface area contributed by atoms with Crippen LogP contribution in [-0.2, 0) is 0 Å². The number of hydrogen-bond acceptors (Lipinski definition) is 2. The van der Waals surface area contributed by atoms with Crippen LogP contribution in [0.15, 0.2) is 121 Å². The van der Waals surface area contributed by atoms with Gasteiger partial charge in [0, 0.05) is 23.7 Å². The third-order valence-electron chi connectivity index (χ3n) is 11.4. The lowest BCUT2D eigenvalue weighted by Gasteiger charge is -2.54. The SMILES string of the molecule is CCCC(C)(C1CC(c2ccccc2)C(O)C(c2ccccc2)C1)C1CC(c2ccccc2)C(O)C(c2ccccc2)C1. The summed E-state index contributed by atoms with van der Waals surface area (Å²) in [5.74, 6) is 1.32. The Morgan fingerprint density at radius 1 is 0.488 bits per heavy atom. The van der Waals surface area contributed by atoms with Crippen LogP contribution >= 0.6 is 0 Å². The number of aliphatic hydroxyl groups is 2. The summed E-state index contributed by atoms with van der Waals surface area (Å²) in [7, 11) is 0. The molecule has 2 aliphatic rings. The van der Waals surface area contributed by atoms with Gasteiger partial charge >= 0.3 is 0 Å². The van der Waals surface area contributed by atoms with E-state index in [1.165, 1.54) is 22.3 Å². The average molecular weight is 573 g/mol.